The van der Waals surface area contributed by atoms with Gasteiger partial charge >= 0.3 is 11.9 Å². The summed E-state index contributed by atoms with van der Waals surface area (Å²) in [6.07, 6.45) is 1.12. The molecule has 0 bridgehead atoms. The molecule has 0 saturated heterocycles. The smallest absolute Gasteiger partial charge is 0.312 e. The van der Waals surface area contributed by atoms with E-state index in [4.69, 9.17) is 20.6 Å². The van der Waals surface area contributed by atoms with E-state index in [1.807, 2.05) is 0 Å². The largest absolute Gasteiger partial charge is 0.481 e. The Morgan fingerprint density at radius 3 is 2.50 bits per heavy atom. The molecule has 8 nitrogen and oxygen atoms in total. The molecule has 0 radical (unpaired) electrons. The summed E-state index contributed by atoms with van der Waals surface area (Å²) >= 11 is 5.76. The number of alkyl halides is 2. The highest BCUT2D eigenvalue weighted by Gasteiger charge is 2.49. The van der Waals surface area contributed by atoms with Crippen molar-refractivity contribution in [2.45, 2.75) is 70.6 Å². The number of nitrogens with one attached hydrogen (secondary N) is 1. The number of halogens is 4. The molecule has 2 aromatic heterocycles. The number of carbonyl (C=O) groups is 2. The van der Waals surface area contributed by atoms with E-state index in [1.54, 1.807) is 0 Å². The molecule has 2 N–H and O–H groups in total. The molecule has 2 heterocycles. The van der Waals surface area contributed by atoms with E-state index in [9.17, 15) is 27.9 Å². The predicted molar refractivity (Wildman–Crippen MR) is 132 cm³/mol. The van der Waals surface area contributed by atoms with Gasteiger partial charge in [-0.2, -0.15) is 8.78 Å². The fraction of sp³-hybridized carbons (Fsp3) is 0.462. The molecule has 1 atom stereocenters. The molecule has 1 fully saturated rings. The summed E-state index contributed by atoms with van der Waals surface area (Å²) in [6.45, 7) is 4.14. The summed E-state index contributed by atoms with van der Waals surface area (Å²) in [4.78, 5) is 24.2. The average molecular weight is 554 g/mol. The molecule has 38 heavy (non-hydrogen) atoms. The van der Waals surface area contributed by atoms with E-state index in [0.717, 1.165) is 25.0 Å². The highest BCUT2D eigenvalue weighted by molar-refractivity contribution is 6.30. The molecule has 12 heteroatoms. The van der Waals surface area contributed by atoms with Crippen molar-refractivity contribution < 1.29 is 36.9 Å². The van der Waals surface area contributed by atoms with Crippen molar-refractivity contribution in [3.63, 3.8) is 0 Å². The SMILES string of the molecule is CC(C)(C)C(F)(F)c1cc(-c2onc([C@H](CCC(=O)O)CC(=O)Nc3ccc(Cl)cc3F)c2C2CC2)no1. The lowest BCUT2D eigenvalue weighted by molar-refractivity contribution is -0.137. The van der Waals surface area contributed by atoms with Crippen LogP contribution in [-0.2, 0) is 15.5 Å². The fourth-order valence-corrected chi connectivity index (χ4v) is 4.26. The van der Waals surface area contributed by atoms with Crippen LogP contribution in [0.3, 0.4) is 0 Å². The minimum absolute atomic E-state index is 0.0152. The maximum absolute atomic E-state index is 14.8. The number of hydrogen-bond acceptors (Lipinski definition) is 6. The molecule has 1 aliphatic carbocycles. The molecule has 0 unspecified atom stereocenters. The molecule has 0 aliphatic heterocycles. The van der Waals surface area contributed by atoms with Gasteiger partial charge in [0.25, 0.3) is 0 Å². The minimum atomic E-state index is -3.31. The van der Waals surface area contributed by atoms with Crippen LogP contribution < -0.4 is 5.32 Å². The molecule has 4 rings (SSSR count). The van der Waals surface area contributed by atoms with E-state index in [2.05, 4.69) is 15.6 Å². The maximum Gasteiger partial charge on any atom is 0.312 e. The van der Waals surface area contributed by atoms with Crippen LogP contribution in [0.4, 0.5) is 18.9 Å². The van der Waals surface area contributed by atoms with E-state index < -0.39 is 40.7 Å². The molecule has 1 amide bonds. The third kappa shape index (κ3) is 5.87. The van der Waals surface area contributed by atoms with Gasteiger partial charge in [0.1, 0.15) is 5.82 Å². The quantitative estimate of drug-likeness (QED) is 0.274. The first-order chi connectivity index (χ1) is 17.8. The number of anilines is 1. The second-order valence-electron chi connectivity index (χ2n) is 10.5. The van der Waals surface area contributed by atoms with Crippen LogP contribution in [-0.4, -0.2) is 27.3 Å². The van der Waals surface area contributed by atoms with E-state index >= 15 is 0 Å². The fourth-order valence-electron chi connectivity index (χ4n) is 4.10. The number of aliphatic carboxylic acids is 1. The van der Waals surface area contributed by atoms with Gasteiger partial charge in [0.2, 0.25) is 11.7 Å². The number of carboxylic acid groups (broad SMARTS) is 1. The Labute approximate surface area is 221 Å². The van der Waals surface area contributed by atoms with Crippen molar-refractivity contribution in [2.24, 2.45) is 5.41 Å². The molecule has 1 aromatic carbocycles. The standard InChI is InChI=1S/C26H27ClF3N3O5/c1-25(2,3)26(29,30)19-12-18(32-37-19)24-22(13-4-5-13)23(33-38-24)14(6-9-21(35)36)10-20(34)31-17-8-7-15(27)11-16(17)28/h7-8,11-14H,4-6,9-10H2,1-3H3,(H,31,34)(H,35,36)/t14-/m1/s1. The Bertz CT molecular complexity index is 1340. The van der Waals surface area contributed by atoms with Gasteiger partial charge in [-0.25, -0.2) is 4.39 Å². The summed E-state index contributed by atoms with van der Waals surface area (Å²) in [5.74, 6) is -6.85. The number of nitrogens with zero attached hydrogens (tertiary/aromatic N) is 2. The van der Waals surface area contributed by atoms with Gasteiger partial charge < -0.3 is 19.5 Å². The number of carboxylic acids is 1. The van der Waals surface area contributed by atoms with Gasteiger partial charge in [0, 0.05) is 40.8 Å². The van der Waals surface area contributed by atoms with Crippen LogP contribution >= 0.6 is 11.6 Å². The third-order valence-corrected chi connectivity index (χ3v) is 6.70. The van der Waals surface area contributed by atoms with Gasteiger partial charge in [0.15, 0.2) is 11.5 Å². The van der Waals surface area contributed by atoms with Crippen LogP contribution in [0.2, 0.25) is 5.02 Å². The third-order valence-electron chi connectivity index (χ3n) is 6.47. The molecule has 3 aromatic rings. The first-order valence-electron chi connectivity index (χ1n) is 12.1. The van der Waals surface area contributed by atoms with Gasteiger partial charge in [0.05, 0.1) is 11.4 Å². The van der Waals surface area contributed by atoms with Crippen LogP contribution in [0.25, 0.3) is 11.5 Å². The lowest BCUT2D eigenvalue weighted by Crippen LogP contribution is -2.30. The molecule has 1 aliphatic rings. The zero-order valence-electron chi connectivity index (χ0n) is 21.0. The van der Waals surface area contributed by atoms with E-state index in [0.29, 0.717) is 11.3 Å². The summed E-state index contributed by atoms with van der Waals surface area (Å²) in [5.41, 5.74) is -0.523. The summed E-state index contributed by atoms with van der Waals surface area (Å²) in [5, 5.41) is 19.8. The number of amides is 1. The Morgan fingerprint density at radius 2 is 1.89 bits per heavy atom. The van der Waals surface area contributed by atoms with Gasteiger partial charge in [-0.3, -0.25) is 9.59 Å². The predicted octanol–water partition coefficient (Wildman–Crippen LogP) is 7.11. The van der Waals surface area contributed by atoms with Crippen molar-refractivity contribution >= 4 is 29.2 Å². The summed E-state index contributed by atoms with van der Waals surface area (Å²) < 4.78 is 54.4. The Morgan fingerprint density at radius 1 is 1.18 bits per heavy atom. The first kappa shape index (κ1) is 27.7. The zero-order chi connectivity index (χ0) is 27.8. The maximum atomic E-state index is 14.8. The van der Waals surface area contributed by atoms with Gasteiger partial charge in [-0.05, 0) is 43.4 Å². The highest BCUT2D eigenvalue weighted by Crippen LogP contribution is 2.50. The number of rotatable bonds is 10. The van der Waals surface area contributed by atoms with Crippen LogP contribution in [0.15, 0.2) is 33.3 Å². The summed E-state index contributed by atoms with van der Waals surface area (Å²) in [7, 11) is 0. The molecule has 0 spiro atoms. The van der Waals surface area contributed by atoms with Crippen LogP contribution in [0.5, 0.6) is 0 Å². The molecular formula is C26H27ClF3N3O5. The lowest BCUT2D eigenvalue weighted by atomic mass is 9.86. The zero-order valence-corrected chi connectivity index (χ0v) is 21.7. The molecule has 1 saturated carbocycles. The Hall–Kier alpha value is -3.34. The normalized spacial score (nSPS) is 14.9. The van der Waals surface area contributed by atoms with Crippen molar-refractivity contribution in [3.05, 3.63) is 52.1 Å². The molecule has 204 valence electrons. The number of aromatic nitrogens is 2. The van der Waals surface area contributed by atoms with Gasteiger partial charge in [-0.1, -0.05) is 42.7 Å². The second-order valence-corrected chi connectivity index (χ2v) is 10.9. The summed E-state index contributed by atoms with van der Waals surface area (Å²) in [6, 6.07) is 4.92. The number of hydrogen-bond donors (Lipinski definition) is 2. The van der Waals surface area contributed by atoms with E-state index in [-0.39, 0.29) is 47.3 Å². The van der Waals surface area contributed by atoms with Crippen molar-refractivity contribution in [1.82, 2.24) is 10.3 Å². The Kier molecular flexibility index (Phi) is 7.60. The van der Waals surface area contributed by atoms with Crippen LogP contribution in [0, 0.1) is 11.2 Å². The molecular weight excluding hydrogens is 527 g/mol. The first-order valence-corrected chi connectivity index (χ1v) is 12.5. The second kappa shape index (κ2) is 10.4. The average Bonchev–Trinajstić information content (AvgIpc) is 3.35. The van der Waals surface area contributed by atoms with E-state index in [1.165, 1.54) is 32.9 Å². The Balaban J connectivity index is 1.64. The highest BCUT2D eigenvalue weighted by atomic mass is 35.5. The van der Waals surface area contributed by atoms with Crippen molar-refractivity contribution in [2.75, 3.05) is 5.32 Å². The minimum Gasteiger partial charge on any atom is -0.481 e. The number of carbonyl (C=O) groups excluding carboxylic acids is 1. The lowest BCUT2D eigenvalue weighted by Gasteiger charge is -2.27. The number of benzene rings is 1. The monoisotopic (exact) mass is 553 g/mol. The van der Waals surface area contributed by atoms with Crippen molar-refractivity contribution in [1.29, 1.82) is 0 Å². The van der Waals surface area contributed by atoms with Crippen LogP contribution in [0.1, 0.15) is 81.7 Å². The van der Waals surface area contributed by atoms with Crippen molar-refractivity contribution in [3.8, 4) is 11.5 Å². The topological polar surface area (TPSA) is 118 Å². The van der Waals surface area contributed by atoms with Gasteiger partial charge in [-0.15, -0.1) is 0 Å².